The van der Waals surface area contributed by atoms with Crippen LogP contribution in [0.3, 0.4) is 0 Å². The van der Waals surface area contributed by atoms with Gasteiger partial charge >= 0.3 is 0 Å². The molecule has 0 unspecified atom stereocenters. The van der Waals surface area contributed by atoms with Crippen LogP contribution in [0.1, 0.15) is 12.8 Å². The molecule has 3 rings (SSSR count). The first kappa shape index (κ1) is 19.3. The van der Waals surface area contributed by atoms with Crippen molar-refractivity contribution in [1.82, 2.24) is 14.9 Å². The molecule has 0 aliphatic carbocycles. The highest BCUT2D eigenvalue weighted by Crippen LogP contribution is 2.22. The predicted octanol–water partition coefficient (Wildman–Crippen LogP) is 3.44. The van der Waals surface area contributed by atoms with Gasteiger partial charge in [-0.3, -0.25) is 4.79 Å². The van der Waals surface area contributed by atoms with Crippen LogP contribution in [0.5, 0.6) is 11.6 Å². The Morgan fingerprint density at radius 3 is 3.07 bits per heavy atom. The quantitative estimate of drug-likeness (QED) is 0.607. The Balaban J connectivity index is 1.71. The molecule has 28 heavy (non-hydrogen) atoms. The lowest BCUT2D eigenvalue weighted by atomic mass is 10.1. The van der Waals surface area contributed by atoms with Gasteiger partial charge in [0.05, 0.1) is 19.6 Å². The largest absolute Gasteiger partial charge is 0.497 e. The Labute approximate surface area is 162 Å². The number of rotatable bonds is 6. The Bertz CT molecular complexity index is 901. The van der Waals surface area contributed by atoms with E-state index in [1.54, 1.807) is 18.1 Å². The van der Waals surface area contributed by atoms with Crippen molar-refractivity contribution in [2.75, 3.05) is 25.5 Å². The predicted molar refractivity (Wildman–Crippen MR) is 103 cm³/mol. The monoisotopic (exact) mass is 384 g/mol. The van der Waals surface area contributed by atoms with Gasteiger partial charge in [0.2, 0.25) is 17.7 Å². The second-order valence-corrected chi connectivity index (χ2v) is 6.17. The Kier molecular flexibility index (Phi) is 6.21. The van der Waals surface area contributed by atoms with Crippen LogP contribution in [0.15, 0.2) is 55.0 Å². The summed E-state index contributed by atoms with van der Waals surface area (Å²) in [5.41, 5.74) is 1.57. The summed E-state index contributed by atoms with van der Waals surface area (Å²) in [7, 11) is 1.57. The minimum Gasteiger partial charge on any atom is -0.497 e. The van der Waals surface area contributed by atoms with Crippen molar-refractivity contribution < 1.29 is 18.7 Å². The molecule has 2 heterocycles. The van der Waals surface area contributed by atoms with Gasteiger partial charge < -0.3 is 19.7 Å². The number of hydrogen-bond donors (Lipinski definition) is 1. The Hall–Kier alpha value is -3.42. The maximum absolute atomic E-state index is 14.0. The van der Waals surface area contributed by atoms with Crippen molar-refractivity contribution in [1.29, 1.82) is 0 Å². The van der Waals surface area contributed by atoms with Gasteiger partial charge in [0, 0.05) is 24.8 Å². The summed E-state index contributed by atoms with van der Waals surface area (Å²) in [6, 6.07) is 7.20. The zero-order valence-electron chi connectivity index (χ0n) is 15.5. The average molecular weight is 384 g/mol. The smallest absolute Gasteiger partial charge is 0.260 e. The summed E-state index contributed by atoms with van der Waals surface area (Å²) in [4.78, 5) is 21.4. The summed E-state index contributed by atoms with van der Waals surface area (Å²) >= 11 is 0. The third-order valence-electron chi connectivity index (χ3n) is 4.18. The molecule has 0 spiro atoms. The third kappa shape index (κ3) is 4.85. The Morgan fingerprint density at radius 2 is 2.29 bits per heavy atom. The summed E-state index contributed by atoms with van der Waals surface area (Å²) in [5, 5.41) is 2.98. The van der Waals surface area contributed by atoms with Crippen LogP contribution in [-0.4, -0.2) is 41.0 Å². The molecule has 0 radical (unpaired) electrons. The molecule has 1 N–H and O–H groups in total. The molecular formula is C20H21FN4O3. The SMILES string of the molecule is C=CC(=O)N1CCC/C(=C\Oc2nc(Nc3cccc(OC)c3)ncc2F)C1. The van der Waals surface area contributed by atoms with E-state index < -0.39 is 5.82 Å². The van der Waals surface area contributed by atoms with Crippen molar-refractivity contribution >= 4 is 17.5 Å². The molecule has 7 nitrogen and oxygen atoms in total. The summed E-state index contributed by atoms with van der Waals surface area (Å²) in [6.45, 7) is 4.59. The maximum atomic E-state index is 14.0. The van der Waals surface area contributed by atoms with Crippen molar-refractivity contribution in [3.8, 4) is 11.6 Å². The standard InChI is InChI=1S/C20H21FN4O3/c1-3-18(26)25-9-5-6-14(12-25)13-28-19-17(21)11-22-20(24-19)23-15-7-4-8-16(10-15)27-2/h3-4,7-8,10-11,13H,1,5-6,9,12H2,2H3,(H,22,23,24)/b14-13+. The summed E-state index contributed by atoms with van der Waals surface area (Å²) in [5.74, 6) is -0.147. The van der Waals surface area contributed by atoms with Crippen LogP contribution < -0.4 is 14.8 Å². The van der Waals surface area contributed by atoms with Crippen molar-refractivity contribution in [3.05, 3.63) is 60.8 Å². The first-order chi connectivity index (χ1) is 13.6. The number of carbonyl (C=O) groups is 1. The third-order valence-corrected chi connectivity index (χ3v) is 4.18. The maximum Gasteiger partial charge on any atom is 0.260 e. The van der Waals surface area contributed by atoms with E-state index in [-0.39, 0.29) is 17.7 Å². The van der Waals surface area contributed by atoms with Crippen molar-refractivity contribution in [3.63, 3.8) is 0 Å². The molecule has 0 bridgehead atoms. The van der Waals surface area contributed by atoms with E-state index in [1.807, 2.05) is 18.2 Å². The molecule has 1 saturated heterocycles. The molecule has 0 atom stereocenters. The van der Waals surface area contributed by atoms with Crippen LogP contribution in [0.25, 0.3) is 0 Å². The van der Waals surface area contributed by atoms with Gasteiger partial charge in [-0.2, -0.15) is 9.37 Å². The summed E-state index contributed by atoms with van der Waals surface area (Å²) < 4.78 is 24.6. The minimum absolute atomic E-state index is 0.136. The molecule has 1 amide bonds. The van der Waals surface area contributed by atoms with Gasteiger partial charge in [-0.25, -0.2) is 4.98 Å². The van der Waals surface area contributed by atoms with Crippen LogP contribution in [-0.2, 0) is 4.79 Å². The van der Waals surface area contributed by atoms with Gasteiger partial charge in [0.1, 0.15) is 5.75 Å². The lowest BCUT2D eigenvalue weighted by molar-refractivity contribution is -0.126. The van der Waals surface area contributed by atoms with Gasteiger partial charge in [-0.15, -0.1) is 0 Å². The van der Waals surface area contributed by atoms with E-state index in [4.69, 9.17) is 9.47 Å². The van der Waals surface area contributed by atoms with Crippen LogP contribution in [0, 0.1) is 5.82 Å². The second kappa shape index (κ2) is 8.98. The lowest BCUT2D eigenvalue weighted by Crippen LogP contribution is -2.35. The summed E-state index contributed by atoms with van der Waals surface area (Å²) in [6.07, 6.45) is 5.34. The first-order valence-corrected chi connectivity index (χ1v) is 8.78. The topological polar surface area (TPSA) is 76.6 Å². The molecule has 1 aromatic heterocycles. The van der Waals surface area contributed by atoms with E-state index in [1.165, 1.54) is 12.3 Å². The normalized spacial score (nSPS) is 15.2. The van der Waals surface area contributed by atoms with E-state index in [0.717, 1.165) is 24.6 Å². The van der Waals surface area contributed by atoms with Crippen LogP contribution in [0.4, 0.5) is 16.0 Å². The zero-order valence-corrected chi connectivity index (χ0v) is 15.5. The second-order valence-electron chi connectivity index (χ2n) is 6.17. The lowest BCUT2D eigenvalue weighted by Gasteiger charge is -2.27. The van der Waals surface area contributed by atoms with Gasteiger partial charge in [-0.1, -0.05) is 12.6 Å². The number of methoxy groups -OCH3 is 1. The number of likely N-dealkylation sites (tertiary alicyclic amines) is 1. The average Bonchev–Trinajstić information content (AvgIpc) is 2.74. The van der Waals surface area contributed by atoms with E-state index >= 15 is 0 Å². The number of anilines is 2. The number of carbonyl (C=O) groups excluding carboxylic acids is 1. The zero-order chi connectivity index (χ0) is 19.9. The highest BCUT2D eigenvalue weighted by molar-refractivity contribution is 5.87. The number of piperidine rings is 1. The van der Waals surface area contributed by atoms with Gasteiger partial charge in [0.25, 0.3) is 5.88 Å². The van der Waals surface area contributed by atoms with Gasteiger partial charge in [0.15, 0.2) is 0 Å². The number of benzene rings is 1. The molecule has 1 fully saturated rings. The number of ether oxygens (including phenoxy) is 2. The fourth-order valence-electron chi connectivity index (χ4n) is 2.78. The molecule has 146 valence electrons. The fraction of sp³-hybridized carbons (Fsp3) is 0.250. The number of nitrogens with zero attached hydrogens (tertiary/aromatic N) is 3. The van der Waals surface area contributed by atoms with E-state index in [0.29, 0.717) is 24.5 Å². The van der Waals surface area contributed by atoms with Crippen molar-refractivity contribution in [2.45, 2.75) is 12.8 Å². The first-order valence-electron chi connectivity index (χ1n) is 8.78. The number of aromatic nitrogens is 2. The number of hydrogen-bond acceptors (Lipinski definition) is 6. The molecule has 0 saturated carbocycles. The van der Waals surface area contributed by atoms with Gasteiger partial charge in [-0.05, 0) is 36.6 Å². The fourth-order valence-corrected chi connectivity index (χ4v) is 2.78. The highest BCUT2D eigenvalue weighted by atomic mass is 19.1. The van der Waals surface area contributed by atoms with Crippen LogP contribution in [0.2, 0.25) is 0 Å². The number of amides is 1. The molecular weight excluding hydrogens is 363 g/mol. The van der Waals surface area contributed by atoms with Crippen LogP contribution >= 0.6 is 0 Å². The molecule has 8 heteroatoms. The minimum atomic E-state index is -0.678. The van der Waals surface area contributed by atoms with E-state index in [2.05, 4.69) is 21.9 Å². The van der Waals surface area contributed by atoms with E-state index in [9.17, 15) is 9.18 Å². The number of nitrogens with one attached hydrogen (secondary N) is 1. The molecule has 1 aliphatic heterocycles. The number of halogens is 1. The Morgan fingerprint density at radius 1 is 1.43 bits per heavy atom. The highest BCUT2D eigenvalue weighted by Gasteiger charge is 2.18. The molecule has 1 aliphatic rings. The molecule has 1 aromatic carbocycles. The molecule has 2 aromatic rings. The van der Waals surface area contributed by atoms with Crippen molar-refractivity contribution in [2.24, 2.45) is 0 Å².